The van der Waals surface area contributed by atoms with Crippen molar-refractivity contribution in [2.45, 2.75) is 19.8 Å². The Morgan fingerprint density at radius 3 is 2.50 bits per heavy atom. The molecule has 0 fully saturated rings. The largest absolute Gasteiger partial charge is 0.294 e. The zero-order valence-corrected chi connectivity index (χ0v) is 12.3. The Bertz CT molecular complexity index is 538. The lowest BCUT2D eigenvalue weighted by molar-refractivity contribution is 0.0982. The van der Waals surface area contributed by atoms with Crippen LogP contribution in [0.25, 0.3) is 0 Å². The van der Waals surface area contributed by atoms with Gasteiger partial charge in [-0.3, -0.25) is 4.79 Å². The number of carbonyl (C=O) groups is 1. The van der Waals surface area contributed by atoms with Crippen molar-refractivity contribution in [3.05, 3.63) is 33.8 Å². The monoisotopic (exact) mass is 308 g/mol. The molecular formula is C12H14Cl2O3S. The molecule has 0 saturated heterocycles. The molecule has 0 aromatic heterocycles. The number of hydrogen-bond donors (Lipinski definition) is 0. The fourth-order valence-electron chi connectivity index (χ4n) is 1.45. The van der Waals surface area contributed by atoms with Crippen LogP contribution in [0, 0.1) is 0 Å². The second-order valence-electron chi connectivity index (χ2n) is 3.89. The molecule has 1 aromatic carbocycles. The zero-order chi connectivity index (χ0) is 13.8. The molecule has 0 amide bonds. The molecule has 1 rings (SSSR count). The van der Waals surface area contributed by atoms with E-state index in [1.54, 1.807) is 19.1 Å². The van der Waals surface area contributed by atoms with Gasteiger partial charge in [-0.2, -0.15) is 0 Å². The summed E-state index contributed by atoms with van der Waals surface area (Å²) in [5.41, 5.74) is 0.384. The topological polar surface area (TPSA) is 51.2 Å². The summed E-state index contributed by atoms with van der Waals surface area (Å²) < 4.78 is 22.5. The maximum absolute atomic E-state index is 11.8. The molecule has 0 heterocycles. The Balaban J connectivity index is 2.61. The van der Waals surface area contributed by atoms with Crippen molar-refractivity contribution in [3.8, 4) is 0 Å². The number of Topliss-reactive ketones (excluding diaryl/α,β-unsaturated/α-hetero) is 1. The van der Waals surface area contributed by atoms with Gasteiger partial charge in [0.05, 0.1) is 10.8 Å². The van der Waals surface area contributed by atoms with Gasteiger partial charge in [0.2, 0.25) is 0 Å². The van der Waals surface area contributed by atoms with E-state index < -0.39 is 9.84 Å². The average molecular weight is 309 g/mol. The Hall–Kier alpha value is -0.580. The standard InChI is InChI=1S/C12H14Cl2O3S/c1-2-18(16,17)7-3-4-12(15)10-6-5-9(13)8-11(10)14/h5-6,8H,2-4,7H2,1H3. The minimum absolute atomic E-state index is 0.0282. The molecule has 0 spiro atoms. The number of carbonyl (C=O) groups excluding carboxylic acids is 1. The maximum atomic E-state index is 11.8. The van der Waals surface area contributed by atoms with Crippen LogP contribution in [0.4, 0.5) is 0 Å². The molecule has 0 radical (unpaired) electrons. The summed E-state index contributed by atoms with van der Waals surface area (Å²) in [4.78, 5) is 11.8. The Kier molecular flexibility index (Phi) is 5.63. The highest BCUT2D eigenvalue weighted by Crippen LogP contribution is 2.22. The van der Waals surface area contributed by atoms with Gasteiger partial charge in [0.15, 0.2) is 5.78 Å². The van der Waals surface area contributed by atoms with Crippen LogP contribution in [-0.2, 0) is 9.84 Å². The molecular weight excluding hydrogens is 295 g/mol. The van der Waals surface area contributed by atoms with Crippen LogP contribution < -0.4 is 0 Å². The smallest absolute Gasteiger partial charge is 0.164 e. The minimum atomic E-state index is -3.02. The first-order chi connectivity index (χ1) is 8.35. The van der Waals surface area contributed by atoms with E-state index in [2.05, 4.69) is 0 Å². The maximum Gasteiger partial charge on any atom is 0.164 e. The van der Waals surface area contributed by atoms with Gasteiger partial charge in [0, 0.05) is 22.8 Å². The third-order valence-corrected chi connectivity index (χ3v) is 4.87. The first-order valence-corrected chi connectivity index (χ1v) is 8.12. The van der Waals surface area contributed by atoms with Crippen molar-refractivity contribution in [1.29, 1.82) is 0 Å². The normalized spacial score (nSPS) is 11.5. The number of sulfone groups is 1. The first kappa shape index (κ1) is 15.5. The van der Waals surface area contributed by atoms with Gasteiger partial charge in [-0.1, -0.05) is 30.1 Å². The van der Waals surface area contributed by atoms with E-state index in [-0.39, 0.29) is 23.7 Å². The van der Waals surface area contributed by atoms with E-state index in [1.165, 1.54) is 6.07 Å². The summed E-state index contributed by atoms with van der Waals surface area (Å²) in [7, 11) is -3.02. The molecule has 100 valence electrons. The summed E-state index contributed by atoms with van der Waals surface area (Å²) >= 11 is 11.6. The van der Waals surface area contributed by atoms with E-state index in [0.717, 1.165) is 0 Å². The van der Waals surface area contributed by atoms with Crippen LogP contribution >= 0.6 is 23.2 Å². The Morgan fingerprint density at radius 2 is 1.94 bits per heavy atom. The zero-order valence-electron chi connectivity index (χ0n) is 9.95. The van der Waals surface area contributed by atoms with Gasteiger partial charge in [-0.25, -0.2) is 8.42 Å². The second-order valence-corrected chi connectivity index (χ2v) is 7.20. The number of hydrogen-bond acceptors (Lipinski definition) is 3. The lowest BCUT2D eigenvalue weighted by Gasteiger charge is -2.04. The summed E-state index contributed by atoms with van der Waals surface area (Å²) in [5, 5.41) is 0.760. The average Bonchev–Trinajstić information content (AvgIpc) is 2.28. The summed E-state index contributed by atoms with van der Waals surface area (Å²) in [6, 6.07) is 4.64. The van der Waals surface area contributed by atoms with Gasteiger partial charge in [0.1, 0.15) is 9.84 Å². The minimum Gasteiger partial charge on any atom is -0.294 e. The predicted octanol–water partition coefficient (Wildman–Crippen LogP) is 3.39. The molecule has 0 aliphatic heterocycles. The number of rotatable bonds is 6. The third kappa shape index (κ3) is 4.59. The SMILES string of the molecule is CCS(=O)(=O)CCCC(=O)c1ccc(Cl)cc1Cl. The van der Waals surface area contributed by atoms with E-state index >= 15 is 0 Å². The quantitative estimate of drug-likeness (QED) is 0.757. The fourth-order valence-corrected chi connectivity index (χ4v) is 2.83. The van der Waals surface area contributed by atoms with E-state index in [4.69, 9.17) is 23.2 Å². The molecule has 0 aliphatic rings. The molecule has 6 heteroatoms. The lowest BCUT2D eigenvalue weighted by Crippen LogP contribution is -2.10. The molecule has 0 bridgehead atoms. The molecule has 0 atom stereocenters. The van der Waals surface area contributed by atoms with Gasteiger partial charge >= 0.3 is 0 Å². The van der Waals surface area contributed by atoms with Crippen molar-refractivity contribution in [1.82, 2.24) is 0 Å². The van der Waals surface area contributed by atoms with Crippen molar-refractivity contribution in [3.63, 3.8) is 0 Å². The van der Waals surface area contributed by atoms with Crippen molar-refractivity contribution in [2.75, 3.05) is 11.5 Å². The highest BCUT2D eigenvalue weighted by Gasteiger charge is 2.13. The Morgan fingerprint density at radius 1 is 1.28 bits per heavy atom. The van der Waals surface area contributed by atoms with Crippen LogP contribution in [0.3, 0.4) is 0 Å². The third-order valence-electron chi connectivity index (χ3n) is 2.53. The second kappa shape index (κ2) is 6.55. The van der Waals surface area contributed by atoms with Gasteiger partial charge < -0.3 is 0 Å². The Labute approximate surface area is 117 Å². The van der Waals surface area contributed by atoms with E-state index in [0.29, 0.717) is 22.0 Å². The van der Waals surface area contributed by atoms with Crippen LogP contribution in [0.1, 0.15) is 30.1 Å². The number of benzene rings is 1. The first-order valence-electron chi connectivity index (χ1n) is 5.54. The molecule has 18 heavy (non-hydrogen) atoms. The van der Waals surface area contributed by atoms with E-state index in [1.807, 2.05) is 0 Å². The highest BCUT2D eigenvalue weighted by atomic mass is 35.5. The summed E-state index contributed by atoms with van der Waals surface area (Å²) in [6.07, 6.45) is 0.481. The number of ketones is 1. The van der Waals surface area contributed by atoms with Gasteiger partial charge in [-0.15, -0.1) is 0 Å². The van der Waals surface area contributed by atoms with Crippen molar-refractivity contribution >= 4 is 38.8 Å². The van der Waals surface area contributed by atoms with Gasteiger partial charge in [0.25, 0.3) is 0 Å². The molecule has 0 saturated carbocycles. The summed E-state index contributed by atoms with van der Waals surface area (Å²) in [5.74, 6) is -0.0356. The molecule has 0 N–H and O–H groups in total. The molecule has 3 nitrogen and oxygen atoms in total. The molecule has 0 unspecified atom stereocenters. The molecule has 1 aromatic rings. The van der Waals surface area contributed by atoms with E-state index in [9.17, 15) is 13.2 Å². The van der Waals surface area contributed by atoms with Crippen LogP contribution in [-0.4, -0.2) is 25.7 Å². The number of halogens is 2. The van der Waals surface area contributed by atoms with Crippen LogP contribution in [0.5, 0.6) is 0 Å². The van der Waals surface area contributed by atoms with Crippen molar-refractivity contribution in [2.24, 2.45) is 0 Å². The van der Waals surface area contributed by atoms with Crippen LogP contribution in [0.15, 0.2) is 18.2 Å². The molecule has 0 aliphatic carbocycles. The summed E-state index contributed by atoms with van der Waals surface area (Å²) in [6.45, 7) is 1.59. The van der Waals surface area contributed by atoms with Crippen LogP contribution in [0.2, 0.25) is 10.0 Å². The lowest BCUT2D eigenvalue weighted by atomic mass is 10.1. The highest BCUT2D eigenvalue weighted by molar-refractivity contribution is 7.91. The van der Waals surface area contributed by atoms with Crippen molar-refractivity contribution < 1.29 is 13.2 Å². The fraction of sp³-hybridized carbons (Fsp3) is 0.417. The van der Waals surface area contributed by atoms with Gasteiger partial charge in [-0.05, 0) is 24.6 Å². The predicted molar refractivity (Wildman–Crippen MR) is 74.4 cm³/mol.